The molecule has 3 saturated heterocycles. The first kappa shape index (κ1) is 21.1. The molecule has 0 saturated carbocycles. The smallest absolute Gasteiger partial charge is 0.249 e. The molecule has 0 spiro atoms. The van der Waals surface area contributed by atoms with Crippen molar-refractivity contribution >= 4 is 17.2 Å². The fraction of sp³-hybridized carbons (Fsp3) is 0.269. The molecule has 0 aromatic carbocycles. The maximum atomic E-state index is 12.4. The molecule has 7 heterocycles. The predicted octanol–water partition coefficient (Wildman–Crippen LogP) is 3.03. The zero-order valence-electron chi connectivity index (χ0n) is 19.6. The molecule has 1 amide bonds. The van der Waals surface area contributed by atoms with E-state index in [1.807, 2.05) is 48.9 Å². The largest absolute Gasteiger partial charge is 0.352 e. The molecule has 0 aliphatic carbocycles. The summed E-state index contributed by atoms with van der Waals surface area (Å²) in [6, 6.07) is 8.78. The first-order valence-electron chi connectivity index (χ1n) is 11.5. The first-order valence-corrected chi connectivity index (χ1v) is 11.5. The van der Waals surface area contributed by atoms with E-state index in [1.54, 1.807) is 22.3 Å². The second-order valence-corrected chi connectivity index (χ2v) is 9.35. The van der Waals surface area contributed by atoms with Crippen molar-refractivity contribution in [1.29, 1.82) is 5.26 Å². The van der Waals surface area contributed by atoms with Gasteiger partial charge in [-0.3, -0.25) is 9.48 Å². The van der Waals surface area contributed by atoms with Gasteiger partial charge in [0.05, 0.1) is 35.6 Å². The van der Waals surface area contributed by atoms with Crippen LogP contribution in [-0.2, 0) is 11.8 Å². The van der Waals surface area contributed by atoms with E-state index in [0.29, 0.717) is 11.1 Å². The average Bonchev–Trinajstić information content (AvgIpc) is 3.49. The summed E-state index contributed by atoms with van der Waals surface area (Å²) in [6.07, 6.45) is 10.1. The second kappa shape index (κ2) is 7.81. The Balaban J connectivity index is 1.32. The molecular formula is C26H24N8O. The lowest BCUT2D eigenvalue weighted by molar-refractivity contribution is -0.141. The van der Waals surface area contributed by atoms with Crippen LogP contribution in [0.4, 0.5) is 5.82 Å². The van der Waals surface area contributed by atoms with Crippen molar-refractivity contribution in [2.45, 2.75) is 25.4 Å². The Morgan fingerprint density at radius 3 is 2.51 bits per heavy atom. The Hall–Kier alpha value is -4.45. The van der Waals surface area contributed by atoms with Crippen molar-refractivity contribution in [2.75, 3.05) is 18.0 Å². The number of anilines is 1. The van der Waals surface area contributed by atoms with Crippen molar-refractivity contribution in [2.24, 2.45) is 7.05 Å². The summed E-state index contributed by atoms with van der Waals surface area (Å²) < 4.78 is 3.50. The van der Waals surface area contributed by atoms with Crippen molar-refractivity contribution < 1.29 is 4.79 Å². The minimum absolute atomic E-state index is 0.0563. The summed E-state index contributed by atoms with van der Waals surface area (Å²) in [6.45, 7) is 7.12. The third-order valence-corrected chi connectivity index (χ3v) is 6.95. The van der Waals surface area contributed by atoms with Crippen LogP contribution in [0.15, 0.2) is 61.3 Å². The van der Waals surface area contributed by atoms with Crippen LogP contribution >= 0.6 is 0 Å². The quantitative estimate of drug-likeness (QED) is 0.431. The van der Waals surface area contributed by atoms with Gasteiger partial charge in [-0.1, -0.05) is 6.58 Å². The monoisotopic (exact) mass is 464 g/mol. The molecule has 174 valence electrons. The standard InChI is InChI=1S/C26H24N8O/c1-16(2)26(35)34-21-7-22(34)15-32(14-21)24-5-4-17(9-28-24)23-6-18(20-11-29-31(3)12-20)13-33-25(23)19(8-27)10-30-33/h4-6,9-13,21-22H,1,7,14-15H2,2-3H3. The molecule has 2 bridgehead atoms. The Morgan fingerprint density at radius 2 is 1.89 bits per heavy atom. The molecule has 35 heavy (non-hydrogen) atoms. The van der Waals surface area contributed by atoms with Gasteiger partial charge >= 0.3 is 0 Å². The Kier molecular flexibility index (Phi) is 4.71. The molecule has 9 heteroatoms. The molecule has 7 rings (SSSR count). The van der Waals surface area contributed by atoms with Gasteiger partial charge in [0.25, 0.3) is 0 Å². The van der Waals surface area contributed by atoms with Crippen LogP contribution < -0.4 is 4.90 Å². The van der Waals surface area contributed by atoms with Crippen LogP contribution in [0.3, 0.4) is 0 Å². The number of aryl methyl sites for hydroxylation is 1. The van der Waals surface area contributed by atoms with E-state index in [2.05, 4.69) is 33.8 Å². The molecule has 3 aliphatic heterocycles. The minimum Gasteiger partial charge on any atom is -0.352 e. The maximum Gasteiger partial charge on any atom is 0.249 e. The number of nitrogens with zero attached hydrogens (tertiary/aromatic N) is 8. The number of pyridine rings is 2. The van der Waals surface area contributed by atoms with E-state index in [9.17, 15) is 10.1 Å². The third kappa shape index (κ3) is 3.37. The highest BCUT2D eigenvalue weighted by Crippen LogP contribution is 2.36. The molecule has 2 atom stereocenters. The van der Waals surface area contributed by atoms with Crippen molar-refractivity contribution in [3.05, 3.63) is 66.9 Å². The van der Waals surface area contributed by atoms with Crippen molar-refractivity contribution in [1.82, 2.24) is 29.3 Å². The third-order valence-electron chi connectivity index (χ3n) is 6.95. The Labute approximate surface area is 202 Å². The van der Waals surface area contributed by atoms with Gasteiger partial charge in [0.15, 0.2) is 0 Å². The number of amides is 1. The Bertz CT molecular complexity index is 1510. The van der Waals surface area contributed by atoms with E-state index < -0.39 is 0 Å². The Morgan fingerprint density at radius 1 is 1.09 bits per heavy atom. The van der Waals surface area contributed by atoms with Gasteiger partial charge in [-0.25, -0.2) is 9.50 Å². The van der Waals surface area contributed by atoms with Gasteiger partial charge in [0, 0.05) is 66.6 Å². The molecule has 3 aliphatic rings. The molecule has 4 aromatic rings. The van der Waals surface area contributed by atoms with Crippen molar-refractivity contribution in [3.8, 4) is 28.3 Å². The summed E-state index contributed by atoms with van der Waals surface area (Å²) >= 11 is 0. The predicted molar refractivity (Wildman–Crippen MR) is 131 cm³/mol. The molecule has 4 aromatic heterocycles. The molecule has 9 nitrogen and oxygen atoms in total. The van der Waals surface area contributed by atoms with Crippen LogP contribution in [-0.4, -0.2) is 60.4 Å². The normalized spacial score (nSPS) is 18.9. The average molecular weight is 465 g/mol. The topological polar surface area (TPSA) is 95.4 Å². The van der Waals surface area contributed by atoms with E-state index in [1.165, 1.54) is 0 Å². The summed E-state index contributed by atoms with van der Waals surface area (Å²) in [5.41, 5.74) is 5.57. The number of piperidine rings is 1. The number of hydrogen-bond acceptors (Lipinski definition) is 6. The first-order chi connectivity index (χ1) is 16.9. The summed E-state index contributed by atoms with van der Waals surface area (Å²) in [5.74, 6) is 0.945. The number of carbonyl (C=O) groups excluding carboxylic acids is 1. The minimum atomic E-state index is 0.0563. The molecule has 2 unspecified atom stereocenters. The summed E-state index contributed by atoms with van der Waals surface area (Å²) in [4.78, 5) is 21.4. The van der Waals surface area contributed by atoms with Gasteiger partial charge in [-0.15, -0.1) is 0 Å². The number of rotatable bonds is 4. The highest BCUT2D eigenvalue weighted by molar-refractivity contribution is 5.93. The van der Waals surface area contributed by atoms with E-state index in [-0.39, 0.29) is 18.0 Å². The number of piperazine rings is 1. The fourth-order valence-corrected chi connectivity index (χ4v) is 5.23. The molecule has 3 fully saturated rings. The number of carbonyl (C=O) groups is 1. The molecule has 0 radical (unpaired) electrons. The fourth-order valence-electron chi connectivity index (χ4n) is 5.23. The van der Waals surface area contributed by atoms with Crippen LogP contribution in [0, 0.1) is 11.3 Å². The summed E-state index contributed by atoms with van der Waals surface area (Å²) in [7, 11) is 1.88. The van der Waals surface area contributed by atoms with E-state index in [0.717, 1.165) is 53.1 Å². The zero-order valence-corrected chi connectivity index (χ0v) is 19.6. The molecular weight excluding hydrogens is 440 g/mol. The lowest BCUT2D eigenvalue weighted by atomic mass is 9.86. The highest BCUT2D eigenvalue weighted by atomic mass is 16.2. The maximum absolute atomic E-state index is 12.4. The van der Waals surface area contributed by atoms with Crippen LogP contribution in [0.2, 0.25) is 0 Å². The number of hydrogen-bond donors (Lipinski definition) is 0. The highest BCUT2D eigenvalue weighted by Gasteiger charge is 2.47. The van der Waals surface area contributed by atoms with Crippen molar-refractivity contribution in [3.63, 3.8) is 0 Å². The van der Waals surface area contributed by atoms with Gasteiger partial charge in [-0.2, -0.15) is 15.5 Å². The van der Waals surface area contributed by atoms with Crippen LogP contribution in [0.25, 0.3) is 27.8 Å². The van der Waals surface area contributed by atoms with Gasteiger partial charge in [0.1, 0.15) is 11.9 Å². The lowest BCUT2D eigenvalue weighted by Gasteiger charge is -2.56. The SMILES string of the molecule is C=C(C)C(=O)N1C2CC1CN(c1ccc(-c3cc(-c4cnn(C)c4)cn4ncc(C#N)c34)cn1)C2. The van der Waals surface area contributed by atoms with Gasteiger partial charge < -0.3 is 9.80 Å². The zero-order chi connectivity index (χ0) is 24.3. The lowest BCUT2D eigenvalue weighted by Crippen LogP contribution is -2.70. The second-order valence-electron chi connectivity index (χ2n) is 9.35. The number of fused-ring (bicyclic) bond motifs is 3. The number of aromatic nitrogens is 5. The van der Waals surface area contributed by atoms with E-state index >= 15 is 0 Å². The van der Waals surface area contributed by atoms with Crippen LogP contribution in [0.5, 0.6) is 0 Å². The number of nitriles is 1. The van der Waals surface area contributed by atoms with Crippen LogP contribution in [0.1, 0.15) is 18.9 Å². The van der Waals surface area contributed by atoms with E-state index in [4.69, 9.17) is 4.98 Å². The molecule has 0 N–H and O–H groups in total. The van der Waals surface area contributed by atoms with Gasteiger partial charge in [0.2, 0.25) is 5.91 Å². The summed E-state index contributed by atoms with van der Waals surface area (Å²) in [5, 5.41) is 18.3. The van der Waals surface area contributed by atoms with Gasteiger partial charge in [-0.05, 0) is 31.5 Å².